The molecule has 0 spiro atoms. The van der Waals surface area contributed by atoms with Gasteiger partial charge in [-0.15, -0.1) is 0 Å². The smallest absolute Gasteiger partial charge is 0.267 e. The van der Waals surface area contributed by atoms with E-state index in [1.165, 1.54) is 12.4 Å². The molecule has 0 unspecified atom stereocenters. The molecular weight excluding hydrogens is 364 g/mol. The molecule has 1 heterocycles. The summed E-state index contributed by atoms with van der Waals surface area (Å²) in [5.74, 6) is -0.143. The van der Waals surface area contributed by atoms with Crippen LogP contribution >= 0.6 is 0 Å². The summed E-state index contributed by atoms with van der Waals surface area (Å²) in [7, 11) is -4.01. The Balaban J connectivity index is 2.36. The predicted octanol–water partition coefficient (Wildman–Crippen LogP) is 2.50. The van der Waals surface area contributed by atoms with Gasteiger partial charge >= 0.3 is 0 Å². The number of rotatable bonds is 6. The van der Waals surface area contributed by atoms with E-state index in [0.717, 1.165) is 17.7 Å². The molecule has 27 heavy (non-hydrogen) atoms. The summed E-state index contributed by atoms with van der Waals surface area (Å²) in [6.07, 6.45) is 5.29. The van der Waals surface area contributed by atoms with Gasteiger partial charge in [-0.1, -0.05) is 19.1 Å². The molecule has 1 aromatic carbocycles. The van der Waals surface area contributed by atoms with Crippen LogP contribution in [0.1, 0.15) is 26.3 Å². The van der Waals surface area contributed by atoms with Crippen molar-refractivity contribution in [3.63, 3.8) is 0 Å². The number of benzene rings is 1. The van der Waals surface area contributed by atoms with Gasteiger partial charge in [0.15, 0.2) is 6.19 Å². The Kier molecular flexibility index (Phi) is 6.73. The maximum atomic E-state index is 12.8. The second-order valence-electron chi connectivity index (χ2n) is 5.96. The van der Waals surface area contributed by atoms with Crippen molar-refractivity contribution in [3.8, 4) is 6.19 Å². The number of nitriles is 1. The lowest BCUT2D eigenvalue weighted by Crippen LogP contribution is -2.39. The molecule has 0 radical (unpaired) electrons. The first kappa shape index (κ1) is 20.2. The average Bonchev–Trinajstić information content (AvgIpc) is 2.61. The molecular formula is C18H22N6O2S. The molecule has 0 aliphatic carbocycles. The molecule has 0 fully saturated rings. The second-order valence-corrected chi connectivity index (χ2v) is 7.62. The molecule has 9 heteroatoms. The van der Waals surface area contributed by atoms with Crippen LogP contribution in [0.3, 0.4) is 0 Å². The molecule has 1 aromatic heterocycles. The van der Waals surface area contributed by atoms with E-state index in [2.05, 4.69) is 25.3 Å². The first-order valence-corrected chi connectivity index (χ1v) is 9.89. The van der Waals surface area contributed by atoms with Crippen molar-refractivity contribution in [3.05, 3.63) is 48.3 Å². The molecule has 2 rings (SSSR count). The summed E-state index contributed by atoms with van der Waals surface area (Å²) < 4.78 is 27.9. The maximum absolute atomic E-state index is 12.8. The maximum Gasteiger partial charge on any atom is 0.267 e. The van der Waals surface area contributed by atoms with Gasteiger partial charge < -0.3 is 5.32 Å². The number of aromatic nitrogens is 1. The van der Waals surface area contributed by atoms with Gasteiger partial charge in [0, 0.05) is 24.1 Å². The highest BCUT2D eigenvalue weighted by Crippen LogP contribution is 2.24. The Labute approximate surface area is 159 Å². The zero-order valence-electron chi connectivity index (χ0n) is 15.4. The summed E-state index contributed by atoms with van der Waals surface area (Å²) in [5, 5.41) is 14.2. The van der Waals surface area contributed by atoms with Gasteiger partial charge in [-0.2, -0.15) is 5.26 Å². The summed E-state index contributed by atoms with van der Waals surface area (Å²) in [6, 6.07) is 9.08. The van der Waals surface area contributed by atoms with E-state index in [1.54, 1.807) is 26.1 Å². The van der Waals surface area contributed by atoms with Crippen LogP contribution in [-0.2, 0) is 16.4 Å². The van der Waals surface area contributed by atoms with E-state index in [-0.39, 0.29) is 16.9 Å². The molecule has 0 amide bonds. The first-order chi connectivity index (χ1) is 12.9. The van der Waals surface area contributed by atoms with Crippen molar-refractivity contribution in [2.24, 2.45) is 4.99 Å². The fourth-order valence-electron chi connectivity index (χ4n) is 2.30. The minimum atomic E-state index is -4.01. The Bertz CT molecular complexity index is 964. The van der Waals surface area contributed by atoms with Crippen LogP contribution in [0.15, 0.2) is 52.6 Å². The highest BCUT2D eigenvalue weighted by Gasteiger charge is 2.21. The van der Waals surface area contributed by atoms with Crippen LogP contribution in [0.2, 0.25) is 0 Å². The SMILES string of the molecule is CCc1cccc(Nc2ccncc2S(=O)(=O)NC(=NC(C)C)NC#N)c1. The third-order valence-corrected chi connectivity index (χ3v) is 4.85. The van der Waals surface area contributed by atoms with Crippen molar-refractivity contribution in [1.29, 1.82) is 5.26 Å². The number of nitrogens with zero attached hydrogens (tertiary/aromatic N) is 3. The van der Waals surface area contributed by atoms with Gasteiger partial charge in [-0.05, 0) is 44.0 Å². The summed E-state index contributed by atoms with van der Waals surface area (Å²) in [4.78, 5) is 7.93. The molecule has 8 nitrogen and oxygen atoms in total. The monoisotopic (exact) mass is 386 g/mol. The van der Waals surface area contributed by atoms with Crippen LogP contribution in [0.4, 0.5) is 11.4 Å². The van der Waals surface area contributed by atoms with Gasteiger partial charge in [-0.3, -0.25) is 10.3 Å². The molecule has 142 valence electrons. The minimum Gasteiger partial charge on any atom is -0.354 e. The number of aryl methyl sites for hydroxylation is 1. The molecule has 3 N–H and O–H groups in total. The van der Waals surface area contributed by atoms with Gasteiger partial charge in [0.05, 0.1) is 5.69 Å². The van der Waals surface area contributed by atoms with E-state index in [0.29, 0.717) is 5.69 Å². The molecule has 0 bridgehead atoms. The lowest BCUT2D eigenvalue weighted by Gasteiger charge is -2.14. The van der Waals surface area contributed by atoms with Crippen LogP contribution in [-0.4, -0.2) is 25.4 Å². The zero-order valence-corrected chi connectivity index (χ0v) is 16.2. The van der Waals surface area contributed by atoms with Crippen molar-refractivity contribution in [1.82, 2.24) is 15.0 Å². The molecule has 0 saturated carbocycles. The number of sulfonamides is 1. The lowest BCUT2D eigenvalue weighted by molar-refractivity contribution is 0.591. The highest BCUT2D eigenvalue weighted by molar-refractivity contribution is 7.90. The summed E-state index contributed by atoms with van der Waals surface area (Å²) in [5.41, 5.74) is 2.26. The predicted molar refractivity (Wildman–Crippen MR) is 105 cm³/mol. The van der Waals surface area contributed by atoms with Crippen molar-refractivity contribution in [2.75, 3.05) is 5.32 Å². The number of hydrogen-bond acceptors (Lipinski definition) is 6. The van der Waals surface area contributed by atoms with Crippen LogP contribution in [0.5, 0.6) is 0 Å². The van der Waals surface area contributed by atoms with Gasteiger partial charge in [0.2, 0.25) is 5.96 Å². The molecule has 0 aliphatic rings. The van der Waals surface area contributed by atoms with E-state index >= 15 is 0 Å². The fourth-order valence-corrected chi connectivity index (χ4v) is 3.38. The van der Waals surface area contributed by atoms with Gasteiger partial charge in [0.25, 0.3) is 10.0 Å². The topological polar surface area (TPSA) is 119 Å². The molecule has 0 aliphatic heterocycles. The highest BCUT2D eigenvalue weighted by atomic mass is 32.2. The molecule has 0 atom stereocenters. The average molecular weight is 386 g/mol. The number of nitrogens with one attached hydrogen (secondary N) is 3. The standard InChI is InChI=1S/C18H22N6O2S/c1-4-14-6-5-7-15(10-14)23-16-8-9-20-11-17(16)27(25,26)24-18(21-12-19)22-13(2)3/h5-11,13H,4H2,1-3H3,(H,20,23)(H2,21,22,24). The van der Waals surface area contributed by atoms with E-state index in [1.807, 2.05) is 31.2 Å². The van der Waals surface area contributed by atoms with Crippen molar-refractivity contribution < 1.29 is 8.42 Å². The number of hydrogen-bond donors (Lipinski definition) is 3. The Morgan fingerprint density at radius 3 is 2.78 bits per heavy atom. The first-order valence-electron chi connectivity index (χ1n) is 8.41. The normalized spacial score (nSPS) is 11.7. The second kappa shape index (κ2) is 9.00. The number of guanidine groups is 1. The number of pyridine rings is 1. The van der Waals surface area contributed by atoms with Crippen LogP contribution < -0.4 is 15.4 Å². The van der Waals surface area contributed by atoms with E-state index < -0.39 is 10.0 Å². The van der Waals surface area contributed by atoms with Crippen LogP contribution in [0.25, 0.3) is 0 Å². The molecule has 0 saturated heterocycles. The lowest BCUT2D eigenvalue weighted by atomic mass is 10.1. The van der Waals surface area contributed by atoms with Crippen molar-refractivity contribution >= 4 is 27.4 Å². The third kappa shape index (κ3) is 5.69. The number of aliphatic imine (C=N–C) groups is 1. The van der Waals surface area contributed by atoms with E-state index in [4.69, 9.17) is 5.26 Å². The Morgan fingerprint density at radius 1 is 1.33 bits per heavy atom. The summed E-state index contributed by atoms with van der Waals surface area (Å²) >= 11 is 0. The van der Waals surface area contributed by atoms with E-state index in [9.17, 15) is 8.42 Å². The summed E-state index contributed by atoms with van der Waals surface area (Å²) in [6.45, 7) is 5.58. The van der Waals surface area contributed by atoms with Crippen LogP contribution in [0, 0.1) is 11.5 Å². The quantitative estimate of drug-likeness (QED) is 0.304. The minimum absolute atomic E-state index is 0.0527. The third-order valence-electron chi connectivity index (χ3n) is 3.48. The fraction of sp³-hybridized carbons (Fsp3) is 0.278. The molecule has 2 aromatic rings. The van der Waals surface area contributed by atoms with Gasteiger partial charge in [-0.25, -0.2) is 18.1 Å². The zero-order chi connectivity index (χ0) is 19.9. The van der Waals surface area contributed by atoms with Gasteiger partial charge in [0.1, 0.15) is 4.90 Å². The van der Waals surface area contributed by atoms with Crippen molar-refractivity contribution in [2.45, 2.75) is 38.1 Å². The Hall–Kier alpha value is -3.12. The Morgan fingerprint density at radius 2 is 2.11 bits per heavy atom. The number of anilines is 2. The largest absolute Gasteiger partial charge is 0.354 e.